The Balaban J connectivity index is 2.20. The Hall–Kier alpha value is -2.21. The van der Waals surface area contributed by atoms with Gasteiger partial charge in [-0.25, -0.2) is 0 Å². The lowest BCUT2D eigenvalue weighted by molar-refractivity contribution is -0.384. The van der Waals surface area contributed by atoms with Gasteiger partial charge >= 0.3 is 5.97 Å². The van der Waals surface area contributed by atoms with Crippen LogP contribution < -0.4 is 0 Å². The van der Waals surface area contributed by atoms with Crippen molar-refractivity contribution in [2.24, 2.45) is 11.8 Å². The highest BCUT2D eigenvalue weighted by Crippen LogP contribution is 2.44. The van der Waals surface area contributed by atoms with Crippen LogP contribution in [0.15, 0.2) is 36.9 Å². The van der Waals surface area contributed by atoms with Crippen molar-refractivity contribution in [3.8, 4) is 0 Å². The molecule has 1 heterocycles. The fraction of sp³-hybridized carbons (Fsp3) is 0.438. The highest BCUT2D eigenvalue weighted by Gasteiger charge is 2.41. The molecule has 0 saturated carbocycles. The van der Waals surface area contributed by atoms with E-state index in [-0.39, 0.29) is 42.1 Å². The molecule has 1 aromatic carbocycles. The van der Waals surface area contributed by atoms with E-state index < -0.39 is 4.92 Å². The molecule has 0 aliphatic carbocycles. The average Bonchev–Trinajstić information content (AvgIpc) is 2.83. The molecule has 0 radical (unpaired) electrons. The van der Waals surface area contributed by atoms with Crippen LogP contribution in [-0.4, -0.2) is 24.1 Å². The maximum Gasteiger partial charge on any atom is 0.308 e. The molecule has 4 atom stereocenters. The predicted molar refractivity (Wildman–Crippen MR) is 80.2 cm³/mol. The topological polar surface area (TPSA) is 78.7 Å². The number of non-ortho nitro benzene ring substituents is 1. The van der Waals surface area contributed by atoms with E-state index in [0.717, 1.165) is 5.56 Å². The lowest BCUT2D eigenvalue weighted by atomic mass is 9.85. The summed E-state index contributed by atoms with van der Waals surface area (Å²) in [6.45, 7) is 5.85. The van der Waals surface area contributed by atoms with Crippen molar-refractivity contribution in [3.63, 3.8) is 0 Å². The summed E-state index contributed by atoms with van der Waals surface area (Å²) in [7, 11) is 1.35. The Morgan fingerprint density at radius 2 is 2.09 bits per heavy atom. The Labute approximate surface area is 128 Å². The first kappa shape index (κ1) is 16.2. The van der Waals surface area contributed by atoms with E-state index in [1.165, 1.54) is 19.2 Å². The zero-order valence-corrected chi connectivity index (χ0v) is 12.6. The Kier molecular flexibility index (Phi) is 4.92. The van der Waals surface area contributed by atoms with Crippen LogP contribution in [0.5, 0.6) is 0 Å². The maximum atomic E-state index is 11.5. The number of ether oxygens (including phenoxy) is 2. The molecule has 1 aliphatic heterocycles. The Morgan fingerprint density at radius 1 is 1.45 bits per heavy atom. The molecule has 0 N–H and O–H groups in total. The molecule has 1 saturated heterocycles. The van der Waals surface area contributed by atoms with Crippen LogP contribution in [0.3, 0.4) is 0 Å². The molecule has 6 heteroatoms. The minimum absolute atomic E-state index is 0.0380. The van der Waals surface area contributed by atoms with Crippen LogP contribution >= 0.6 is 0 Å². The lowest BCUT2D eigenvalue weighted by Gasteiger charge is -2.17. The van der Waals surface area contributed by atoms with E-state index in [1.54, 1.807) is 12.1 Å². The van der Waals surface area contributed by atoms with Crippen molar-refractivity contribution >= 4 is 11.7 Å². The highest BCUT2D eigenvalue weighted by molar-refractivity contribution is 5.69. The monoisotopic (exact) mass is 305 g/mol. The smallest absolute Gasteiger partial charge is 0.308 e. The molecule has 0 unspecified atom stereocenters. The third kappa shape index (κ3) is 3.17. The van der Waals surface area contributed by atoms with Crippen LogP contribution in [0.2, 0.25) is 0 Å². The van der Waals surface area contributed by atoms with Crippen molar-refractivity contribution in [1.82, 2.24) is 0 Å². The highest BCUT2D eigenvalue weighted by atomic mass is 16.6. The van der Waals surface area contributed by atoms with Crippen molar-refractivity contribution in [2.75, 3.05) is 7.11 Å². The summed E-state index contributed by atoms with van der Waals surface area (Å²) in [5.41, 5.74) is 0.880. The molecule has 2 rings (SSSR count). The number of nitro groups is 1. The fourth-order valence-corrected chi connectivity index (χ4v) is 2.83. The number of carbonyl (C=O) groups excluding carboxylic acids is 1. The third-order valence-corrected chi connectivity index (χ3v) is 4.16. The fourth-order valence-electron chi connectivity index (χ4n) is 2.83. The quantitative estimate of drug-likeness (QED) is 0.361. The maximum absolute atomic E-state index is 11.5. The minimum atomic E-state index is -0.438. The first-order valence-corrected chi connectivity index (χ1v) is 7.07. The van der Waals surface area contributed by atoms with Gasteiger partial charge in [-0.2, -0.15) is 0 Å². The van der Waals surface area contributed by atoms with Crippen molar-refractivity contribution in [1.29, 1.82) is 0 Å². The van der Waals surface area contributed by atoms with Gasteiger partial charge in [-0.05, 0) is 23.6 Å². The van der Waals surface area contributed by atoms with Gasteiger partial charge in [0.15, 0.2) is 0 Å². The van der Waals surface area contributed by atoms with Gasteiger partial charge in [-0.15, -0.1) is 6.58 Å². The van der Waals surface area contributed by atoms with E-state index in [4.69, 9.17) is 9.47 Å². The van der Waals surface area contributed by atoms with Crippen LogP contribution in [0.4, 0.5) is 5.69 Å². The van der Waals surface area contributed by atoms with Crippen molar-refractivity contribution < 1.29 is 19.2 Å². The summed E-state index contributed by atoms with van der Waals surface area (Å²) < 4.78 is 10.7. The molecular weight excluding hydrogens is 286 g/mol. The standard InChI is InChI=1S/C16H19NO5/c1-4-13-10(2)14(9-15(18)21-3)22-16(13)11-5-7-12(8-6-11)17(19)20/h4-8,10,13-14,16H,1,9H2,2-3H3/t10-,13-,14+,16+/m1/s1. The van der Waals surface area contributed by atoms with Gasteiger partial charge < -0.3 is 9.47 Å². The first-order chi connectivity index (χ1) is 10.5. The number of carbonyl (C=O) groups is 1. The summed E-state index contributed by atoms with van der Waals surface area (Å²) >= 11 is 0. The zero-order chi connectivity index (χ0) is 16.3. The molecule has 6 nitrogen and oxygen atoms in total. The molecular formula is C16H19NO5. The molecule has 22 heavy (non-hydrogen) atoms. The second-order valence-electron chi connectivity index (χ2n) is 5.40. The molecule has 1 fully saturated rings. The second kappa shape index (κ2) is 6.70. The van der Waals surface area contributed by atoms with Gasteiger partial charge in [0.1, 0.15) is 0 Å². The number of nitrogens with zero attached hydrogens (tertiary/aromatic N) is 1. The van der Waals surface area contributed by atoms with Gasteiger partial charge in [-0.3, -0.25) is 14.9 Å². The number of methoxy groups -OCH3 is 1. The SMILES string of the molecule is C=C[C@@H]1[C@@H](C)[C@H](CC(=O)OC)O[C@H]1c1ccc([N+](=O)[O-])cc1. The molecule has 0 amide bonds. The molecule has 0 aromatic heterocycles. The van der Waals surface area contributed by atoms with E-state index >= 15 is 0 Å². The van der Waals surface area contributed by atoms with E-state index in [9.17, 15) is 14.9 Å². The second-order valence-corrected chi connectivity index (χ2v) is 5.40. The number of benzene rings is 1. The largest absolute Gasteiger partial charge is 0.469 e. The number of hydrogen-bond donors (Lipinski definition) is 0. The predicted octanol–water partition coefficient (Wildman–Crippen LogP) is 3.04. The zero-order valence-electron chi connectivity index (χ0n) is 12.6. The van der Waals surface area contributed by atoms with Crippen molar-refractivity contribution in [3.05, 3.63) is 52.6 Å². The Morgan fingerprint density at radius 3 is 2.59 bits per heavy atom. The number of nitro benzene ring substituents is 1. The van der Waals surface area contributed by atoms with Crippen LogP contribution in [0.1, 0.15) is 25.0 Å². The van der Waals surface area contributed by atoms with Crippen LogP contribution in [-0.2, 0) is 14.3 Å². The van der Waals surface area contributed by atoms with Crippen LogP contribution in [0, 0.1) is 22.0 Å². The van der Waals surface area contributed by atoms with Gasteiger partial charge in [0, 0.05) is 18.1 Å². The molecule has 118 valence electrons. The summed E-state index contributed by atoms with van der Waals surface area (Å²) in [4.78, 5) is 21.7. The number of rotatable bonds is 5. The van der Waals surface area contributed by atoms with Gasteiger partial charge in [0.2, 0.25) is 0 Å². The van der Waals surface area contributed by atoms with Gasteiger partial charge in [0.25, 0.3) is 5.69 Å². The molecule has 1 aliphatic rings. The van der Waals surface area contributed by atoms with E-state index in [2.05, 4.69) is 6.58 Å². The summed E-state index contributed by atoms with van der Waals surface area (Å²) in [5.74, 6) is -0.170. The summed E-state index contributed by atoms with van der Waals surface area (Å²) in [6, 6.07) is 6.29. The number of esters is 1. The molecule has 0 bridgehead atoms. The third-order valence-electron chi connectivity index (χ3n) is 4.16. The molecule has 0 spiro atoms. The van der Waals surface area contributed by atoms with Crippen LogP contribution in [0.25, 0.3) is 0 Å². The summed E-state index contributed by atoms with van der Waals surface area (Å²) in [6.07, 6.45) is 1.48. The average molecular weight is 305 g/mol. The number of hydrogen-bond acceptors (Lipinski definition) is 5. The van der Waals surface area contributed by atoms with E-state index in [1.807, 2.05) is 13.0 Å². The van der Waals surface area contributed by atoms with Crippen molar-refractivity contribution in [2.45, 2.75) is 25.6 Å². The van der Waals surface area contributed by atoms with E-state index in [0.29, 0.717) is 0 Å². The minimum Gasteiger partial charge on any atom is -0.469 e. The summed E-state index contributed by atoms with van der Waals surface area (Å²) in [5, 5.41) is 10.7. The Bertz CT molecular complexity index is 568. The molecule has 1 aromatic rings. The van der Waals surface area contributed by atoms with Gasteiger partial charge in [-0.1, -0.05) is 13.0 Å². The normalized spacial score (nSPS) is 27.4. The lowest BCUT2D eigenvalue weighted by Crippen LogP contribution is -2.21. The van der Waals surface area contributed by atoms with Gasteiger partial charge in [0.05, 0.1) is 30.7 Å². The first-order valence-electron chi connectivity index (χ1n) is 7.07.